The highest BCUT2D eigenvalue weighted by molar-refractivity contribution is 7.89. The van der Waals surface area contributed by atoms with Crippen molar-refractivity contribution in [1.82, 2.24) is 4.31 Å². The Morgan fingerprint density at radius 1 is 1.33 bits per heavy atom. The van der Waals surface area contributed by atoms with Crippen molar-refractivity contribution in [3.63, 3.8) is 0 Å². The van der Waals surface area contributed by atoms with Gasteiger partial charge in [0.1, 0.15) is 10.6 Å². The van der Waals surface area contributed by atoms with Gasteiger partial charge in [0.2, 0.25) is 10.0 Å². The second-order valence-electron chi connectivity index (χ2n) is 3.83. The van der Waals surface area contributed by atoms with E-state index in [9.17, 15) is 18.5 Å². The highest BCUT2D eigenvalue weighted by atomic mass is 32.2. The predicted octanol–water partition coefficient (Wildman–Crippen LogP) is 1.16. The van der Waals surface area contributed by atoms with E-state index in [1.165, 1.54) is 34.2 Å². The summed E-state index contributed by atoms with van der Waals surface area (Å²) in [7, 11) is 0.222. The molecule has 0 radical (unpaired) electrons. The van der Waals surface area contributed by atoms with Crippen LogP contribution < -0.4 is 4.74 Å². The molecule has 18 heavy (non-hydrogen) atoms. The molecule has 0 N–H and O–H groups in total. The van der Waals surface area contributed by atoms with Crippen LogP contribution in [0.25, 0.3) is 0 Å². The first-order valence-corrected chi connectivity index (χ1v) is 6.41. The molecular formula is C10H14N2O5S. The molecule has 0 unspecified atom stereocenters. The number of methoxy groups -OCH3 is 1. The Bertz CT molecular complexity index is 580. The number of hydrogen-bond acceptors (Lipinski definition) is 5. The van der Waals surface area contributed by atoms with Crippen molar-refractivity contribution in [2.24, 2.45) is 0 Å². The van der Waals surface area contributed by atoms with Crippen LogP contribution in [0.1, 0.15) is 5.56 Å². The van der Waals surface area contributed by atoms with Crippen LogP contribution in [0.15, 0.2) is 17.0 Å². The van der Waals surface area contributed by atoms with E-state index in [1.807, 2.05) is 0 Å². The number of benzene rings is 1. The molecule has 0 amide bonds. The van der Waals surface area contributed by atoms with E-state index in [2.05, 4.69) is 0 Å². The Kier molecular flexibility index (Phi) is 3.92. The van der Waals surface area contributed by atoms with Crippen LogP contribution in [0.3, 0.4) is 0 Å². The molecule has 0 aliphatic rings. The maximum Gasteiger partial charge on any atom is 0.273 e. The fraction of sp³-hybridized carbons (Fsp3) is 0.400. The molecule has 1 rings (SSSR count). The van der Waals surface area contributed by atoms with Crippen molar-refractivity contribution < 1.29 is 18.1 Å². The van der Waals surface area contributed by atoms with Crippen molar-refractivity contribution in [3.05, 3.63) is 27.8 Å². The Balaban J connectivity index is 3.62. The smallest absolute Gasteiger partial charge is 0.273 e. The average Bonchev–Trinajstić information content (AvgIpc) is 2.27. The first-order chi connectivity index (χ1) is 8.21. The molecule has 0 atom stereocenters. The van der Waals surface area contributed by atoms with E-state index in [-0.39, 0.29) is 16.3 Å². The number of nitrogens with zero attached hydrogens (tertiary/aromatic N) is 2. The van der Waals surface area contributed by atoms with Gasteiger partial charge in [-0.3, -0.25) is 10.1 Å². The second kappa shape index (κ2) is 4.91. The van der Waals surface area contributed by atoms with E-state index in [1.54, 1.807) is 0 Å². The predicted molar refractivity (Wildman–Crippen MR) is 65.3 cm³/mol. The highest BCUT2D eigenvalue weighted by Crippen LogP contribution is 2.32. The maximum absolute atomic E-state index is 12.0. The Labute approximate surface area is 105 Å². The monoisotopic (exact) mass is 274 g/mol. The van der Waals surface area contributed by atoms with Crippen LogP contribution in [0.2, 0.25) is 0 Å². The van der Waals surface area contributed by atoms with Crippen LogP contribution in [0, 0.1) is 17.0 Å². The number of aryl methyl sites for hydroxylation is 1. The second-order valence-corrected chi connectivity index (χ2v) is 5.95. The van der Waals surface area contributed by atoms with Gasteiger partial charge in [-0.15, -0.1) is 0 Å². The highest BCUT2D eigenvalue weighted by Gasteiger charge is 2.26. The standard InChI is InChI=1S/C10H14N2O5S/c1-7-5-9(17-4)10(6-8(7)12(13)14)18(15,16)11(2)3/h5-6H,1-4H3. The van der Waals surface area contributed by atoms with Crippen molar-refractivity contribution in [2.45, 2.75) is 11.8 Å². The van der Waals surface area contributed by atoms with E-state index in [0.29, 0.717) is 5.56 Å². The van der Waals surface area contributed by atoms with Crippen LogP contribution in [-0.4, -0.2) is 38.9 Å². The molecule has 0 saturated carbocycles. The largest absolute Gasteiger partial charge is 0.495 e. The minimum absolute atomic E-state index is 0.0896. The van der Waals surface area contributed by atoms with E-state index < -0.39 is 14.9 Å². The van der Waals surface area contributed by atoms with Gasteiger partial charge in [-0.25, -0.2) is 12.7 Å². The maximum atomic E-state index is 12.0. The minimum atomic E-state index is -3.79. The molecule has 0 spiro atoms. The summed E-state index contributed by atoms with van der Waals surface area (Å²) in [6, 6.07) is 2.36. The lowest BCUT2D eigenvalue weighted by Crippen LogP contribution is -2.23. The van der Waals surface area contributed by atoms with E-state index in [0.717, 1.165) is 10.4 Å². The third-order valence-electron chi connectivity index (χ3n) is 2.44. The number of nitro benzene ring substituents is 1. The van der Waals surface area contributed by atoms with Crippen molar-refractivity contribution in [3.8, 4) is 5.75 Å². The number of hydrogen-bond donors (Lipinski definition) is 0. The lowest BCUT2D eigenvalue weighted by Gasteiger charge is -2.14. The van der Waals surface area contributed by atoms with Gasteiger partial charge in [-0.2, -0.15) is 0 Å². The first-order valence-electron chi connectivity index (χ1n) is 4.97. The summed E-state index contributed by atoms with van der Waals surface area (Å²) in [4.78, 5) is 9.99. The lowest BCUT2D eigenvalue weighted by molar-refractivity contribution is -0.385. The van der Waals surface area contributed by atoms with Gasteiger partial charge in [-0.1, -0.05) is 0 Å². The molecule has 0 saturated heterocycles. The first kappa shape index (κ1) is 14.4. The van der Waals surface area contributed by atoms with Gasteiger partial charge < -0.3 is 4.74 Å². The molecule has 0 aliphatic heterocycles. The number of rotatable bonds is 4. The van der Waals surface area contributed by atoms with Crippen molar-refractivity contribution >= 4 is 15.7 Å². The van der Waals surface area contributed by atoms with Gasteiger partial charge in [0.05, 0.1) is 12.0 Å². The zero-order chi connectivity index (χ0) is 14.1. The van der Waals surface area contributed by atoms with Crippen molar-refractivity contribution in [2.75, 3.05) is 21.2 Å². The van der Waals surface area contributed by atoms with Gasteiger partial charge in [0, 0.05) is 25.7 Å². The number of ether oxygens (including phenoxy) is 1. The van der Waals surface area contributed by atoms with Gasteiger partial charge >= 0.3 is 0 Å². The van der Waals surface area contributed by atoms with Gasteiger partial charge in [-0.05, 0) is 13.0 Å². The lowest BCUT2D eigenvalue weighted by atomic mass is 10.2. The summed E-state index contributed by atoms with van der Waals surface area (Å²) < 4.78 is 30.0. The SMILES string of the molecule is COc1cc(C)c([N+](=O)[O-])cc1S(=O)(=O)N(C)C. The molecule has 0 aliphatic carbocycles. The van der Waals surface area contributed by atoms with E-state index >= 15 is 0 Å². The molecule has 0 aromatic heterocycles. The quantitative estimate of drug-likeness (QED) is 0.607. The molecule has 100 valence electrons. The number of nitro groups is 1. The van der Waals surface area contributed by atoms with Crippen LogP contribution in [0.4, 0.5) is 5.69 Å². The zero-order valence-electron chi connectivity index (χ0n) is 10.5. The fourth-order valence-electron chi connectivity index (χ4n) is 1.41. The summed E-state index contributed by atoms with van der Waals surface area (Å²) in [5.74, 6) is 0.0896. The van der Waals surface area contributed by atoms with E-state index in [4.69, 9.17) is 4.74 Å². The number of sulfonamides is 1. The summed E-state index contributed by atoms with van der Waals surface area (Å²) in [5, 5.41) is 10.8. The Hall–Kier alpha value is -1.67. The molecular weight excluding hydrogens is 260 g/mol. The fourth-order valence-corrected chi connectivity index (χ4v) is 2.46. The average molecular weight is 274 g/mol. The molecule has 7 nitrogen and oxygen atoms in total. The third kappa shape index (κ3) is 2.44. The normalized spacial score (nSPS) is 11.6. The summed E-state index contributed by atoms with van der Waals surface area (Å²) in [5.41, 5.74) is 0.0887. The Morgan fingerprint density at radius 3 is 2.28 bits per heavy atom. The molecule has 8 heteroatoms. The molecule has 0 heterocycles. The van der Waals surface area contributed by atoms with Gasteiger partial charge in [0.25, 0.3) is 5.69 Å². The molecule has 1 aromatic rings. The Morgan fingerprint density at radius 2 is 1.89 bits per heavy atom. The summed E-state index contributed by atoms with van der Waals surface area (Å²) in [6.07, 6.45) is 0. The molecule has 0 bridgehead atoms. The third-order valence-corrected chi connectivity index (χ3v) is 4.27. The van der Waals surface area contributed by atoms with Crippen LogP contribution >= 0.6 is 0 Å². The zero-order valence-corrected chi connectivity index (χ0v) is 11.3. The molecule has 0 fully saturated rings. The summed E-state index contributed by atoms with van der Waals surface area (Å²) >= 11 is 0. The minimum Gasteiger partial charge on any atom is -0.495 e. The van der Waals surface area contributed by atoms with Crippen LogP contribution in [-0.2, 0) is 10.0 Å². The molecule has 1 aromatic carbocycles. The topological polar surface area (TPSA) is 89.7 Å². The van der Waals surface area contributed by atoms with Crippen molar-refractivity contribution in [1.29, 1.82) is 0 Å². The summed E-state index contributed by atoms with van der Waals surface area (Å²) in [6.45, 7) is 1.52. The van der Waals surface area contributed by atoms with Gasteiger partial charge in [0.15, 0.2) is 0 Å². The van der Waals surface area contributed by atoms with Crippen LogP contribution in [0.5, 0.6) is 5.75 Å².